The zero-order chi connectivity index (χ0) is 19.4. The van der Waals surface area contributed by atoms with Crippen LogP contribution in [0.3, 0.4) is 0 Å². The first-order valence-corrected chi connectivity index (χ1v) is 8.48. The summed E-state index contributed by atoms with van der Waals surface area (Å²) in [5, 5.41) is 10.7. The summed E-state index contributed by atoms with van der Waals surface area (Å²) in [4.78, 5) is 36.8. The predicted molar refractivity (Wildman–Crippen MR) is 89.6 cm³/mol. The standard InChI is InChI=1S/C19H22O7/c1-8(2)17(22)24-12-7-19(5)13(20)6-11(26-19)9(3)15(21)16-14(12)10(4)18(23)25-16/h6,8,12,14-16,21H,3-4,7H2,1-2,5H3/t12-,14-,15+,16+,19-/m1/s1. The van der Waals surface area contributed by atoms with E-state index in [0.717, 1.165) is 0 Å². The van der Waals surface area contributed by atoms with Gasteiger partial charge in [-0.1, -0.05) is 27.0 Å². The van der Waals surface area contributed by atoms with Crippen LogP contribution in [0.15, 0.2) is 36.1 Å². The Hall–Kier alpha value is -2.41. The molecule has 0 spiro atoms. The van der Waals surface area contributed by atoms with Crippen LogP contribution in [0, 0.1) is 11.8 Å². The van der Waals surface area contributed by atoms with E-state index >= 15 is 0 Å². The Morgan fingerprint density at radius 3 is 2.62 bits per heavy atom. The summed E-state index contributed by atoms with van der Waals surface area (Å²) in [6.45, 7) is 12.5. The predicted octanol–water partition coefficient (Wildman–Crippen LogP) is 1.21. The van der Waals surface area contributed by atoms with Crippen LogP contribution >= 0.6 is 0 Å². The maximum absolute atomic E-state index is 12.5. The highest BCUT2D eigenvalue weighted by Gasteiger charge is 2.55. The molecule has 0 aromatic rings. The molecular formula is C19H22O7. The zero-order valence-corrected chi connectivity index (χ0v) is 15.0. The minimum Gasteiger partial charge on any atom is -0.479 e. The third-order valence-corrected chi connectivity index (χ3v) is 5.10. The monoisotopic (exact) mass is 362 g/mol. The number of rotatable bonds is 2. The van der Waals surface area contributed by atoms with E-state index in [-0.39, 0.29) is 29.1 Å². The van der Waals surface area contributed by atoms with Crippen LogP contribution in [0.2, 0.25) is 0 Å². The van der Waals surface area contributed by atoms with Crippen molar-refractivity contribution in [1.82, 2.24) is 0 Å². The molecule has 3 aliphatic rings. The van der Waals surface area contributed by atoms with E-state index in [0.29, 0.717) is 0 Å². The number of fused-ring (bicyclic) bond motifs is 3. The Bertz CT molecular complexity index is 747. The maximum Gasteiger partial charge on any atom is 0.334 e. The zero-order valence-electron chi connectivity index (χ0n) is 15.0. The molecule has 0 aromatic heterocycles. The van der Waals surface area contributed by atoms with Gasteiger partial charge in [0.2, 0.25) is 5.78 Å². The fourth-order valence-corrected chi connectivity index (χ4v) is 3.45. The first kappa shape index (κ1) is 18.4. The summed E-state index contributed by atoms with van der Waals surface area (Å²) < 4.78 is 16.6. The van der Waals surface area contributed by atoms with Gasteiger partial charge in [0, 0.05) is 23.6 Å². The Morgan fingerprint density at radius 1 is 1.35 bits per heavy atom. The number of aliphatic hydroxyl groups is 1. The van der Waals surface area contributed by atoms with Crippen LogP contribution in [-0.4, -0.2) is 46.7 Å². The Labute approximate surface area is 151 Å². The molecule has 0 amide bonds. The van der Waals surface area contributed by atoms with Crippen molar-refractivity contribution in [3.05, 3.63) is 36.1 Å². The molecule has 0 aliphatic carbocycles. The quantitative estimate of drug-likeness (QED) is 0.582. The summed E-state index contributed by atoms with van der Waals surface area (Å²) in [6, 6.07) is 0. The number of hydrogen-bond acceptors (Lipinski definition) is 7. The third-order valence-electron chi connectivity index (χ3n) is 5.10. The molecular weight excluding hydrogens is 340 g/mol. The molecule has 0 aromatic carbocycles. The second-order valence-corrected chi connectivity index (χ2v) is 7.43. The van der Waals surface area contributed by atoms with Gasteiger partial charge in [0.25, 0.3) is 0 Å². The molecule has 7 nitrogen and oxygen atoms in total. The van der Waals surface area contributed by atoms with Gasteiger partial charge in [0.1, 0.15) is 24.1 Å². The van der Waals surface area contributed by atoms with Crippen molar-refractivity contribution in [2.24, 2.45) is 11.8 Å². The second-order valence-electron chi connectivity index (χ2n) is 7.43. The van der Waals surface area contributed by atoms with Gasteiger partial charge in [-0.05, 0) is 6.92 Å². The average Bonchev–Trinajstić information content (AvgIpc) is 3.02. The van der Waals surface area contributed by atoms with Crippen molar-refractivity contribution in [3.63, 3.8) is 0 Å². The van der Waals surface area contributed by atoms with Crippen LogP contribution in [-0.2, 0) is 28.6 Å². The van der Waals surface area contributed by atoms with E-state index in [9.17, 15) is 19.5 Å². The van der Waals surface area contributed by atoms with Crippen molar-refractivity contribution in [3.8, 4) is 0 Å². The van der Waals surface area contributed by atoms with Crippen LogP contribution < -0.4 is 0 Å². The molecule has 26 heavy (non-hydrogen) atoms. The van der Waals surface area contributed by atoms with Gasteiger partial charge in [0.15, 0.2) is 5.60 Å². The topological polar surface area (TPSA) is 99.1 Å². The maximum atomic E-state index is 12.5. The van der Waals surface area contributed by atoms with Crippen LogP contribution in [0.25, 0.3) is 0 Å². The van der Waals surface area contributed by atoms with Gasteiger partial charge >= 0.3 is 11.9 Å². The molecule has 3 aliphatic heterocycles. The first-order valence-electron chi connectivity index (χ1n) is 8.48. The summed E-state index contributed by atoms with van der Waals surface area (Å²) in [6.07, 6.45) is -1.99. The summed E-state index contributed by atoms with van der Waals surface area (Å²) in [5.74, 6) is -2.54. The van der Waals surface area contributed by atoms with E-state index < -0.39 is 47.7 Å². The molecule has 0 unspecified atom stereocenters. The van der Waals surface area contributed by atoms with Gasteiger partial charge in [-0.15, -0.1) is 0 Å². The van der Waals surface area contributed by atoms with Gasteiger partial charge in [-0.25, -0.2) is 4.79 Å². The van der Waals surface area contributed by atoms with E-state index in [1.807, 2.05) is 0 Å². The number of hydrogen-bond donors (Lipinski definition) is 1. The van der Waals surface area contributed by atoms with E-state index in [1.54, 1.807) is 20.8 Å². The van der Waals surface area contributed by atoms with E-state index in [2.05, 4.69) is 13.2 Å². The molecule has 2 bridgehead atoms. The van der Waals surface area contributed by atoms with Gasteiger partial charge < -0.3 is 19.3 Å². The fraction of sp³-hybridized carbons (Fsp3) is 0.526. The fourth-order valence-electron chi connectivity index (χ4n) is 3.45. The molecule has 2 fully saturated rings. The minimum atomic E-state index is -1.32. The summed E-state index contributed by atoms with van der Waals surface area (Å²) in [5.41, 5.74) is -1.07. The lowest BCUT2D eigenvalue weighted by atomic mass is 9.80. The average molecular weight is 362 g/mol. The Balaban J connectivity index is 2.07. The van der Waals surface area contributed by atoms with Crippen LogP contribution in [0.5, 0.6) is 0 Å². The summed E-state index contributed by atoms with van der Waals surface area (Å²) in [7, 11) is 0. The van der Waals surface area contributed by atoms with E-state index in [4.69, 9.17) is 14.2 Å². The molecule has 0 saturated carbocycles. The Morgan fingerprint density at radius 2 is 2.00 bits per heavy atom. The summed E-state index contributed by atoms with van der Waals surface area (Å²) >= 11 is 0. The number of ether oxygens (including phenoxy) is 3. The van der Waals surface area contributed by atoms with Crippen molar-refractivity contribution in [1.29, 1.82) is 0 Å². The van der Waals surface area contributed by atoms with Gasteiger partial charge in [0.05, 0.1) is 11.8 Å². The first-order chi connectivity index (χ1) is 12.0. The van der Waals surface area contributed by atoms with Crippen molar-refractivity contribution in [2.75, 3.05) is 0 Å². The van der Waals surface area contributed by atoms with Crippen molar-refractivity contribution in [2.45, 2.75) is 51.1 Å². The molecule has 5 atom stereocenters. The van der Waals surface area contributed by atoms with Crippen LogP contribution in [0.4, 0.5) is 0 Å². The highest BCUT2D eigenvalue weighted by molar-refractivity contribution is 6.00. The number of aliphatic hydroxyl groups excluding tert-OH is 1. The number of carbonyl (C=O) groups is 3. The SMILES string of the molecule is C=C1C(=O)O[C@H]2[C@H]1[C@H](OC(=O)C(C)C)C[C@@]1(C)OC(=CC1=O)C(=C)[C@@H]2O. The normalized spacial score (nSPS) is 36.6. The third kappa shape index (κ3) is 2.76. The molecule has 0 radical (unpaired) electrons. The van der Waals surface area contributed by atoms with Crippen LogP contribution in [0.1, 0.15) is 27.2 Å². The van der Waals surface area contributed by atoms with Gasteiger partial charge in [-0.2, -0.15) is 0 Å². The smallest absolute Gasteiger partial charge is 0.334 e. The molecule has 3 heterocycles. The molecule has 140 valence electrons. The minimum absolute atomic E-state index is 0.00111. The largest absolute Gasteiger partial charge is 0.479 e. The molecule has 2 saturated heterocycles. The van der Waals surface area contributed by atoms with Crippen molar-refractivity contribution < 1.29 is 33.7 Å². The number of carbonyl (C=O) groups excluding carboxylic acids is 3. The number of esters is 2. The van der Waals surface area contributed by atoms with Gasteiger partial charge in [-0.3, -0.25) is 9.59 Å². The Kier molecular flexibility index (Phi) is 4.30. The second kappa shape index (κ2) is 6.09. The number of ketones is 1. The molecule has 7 heteroatoms. The molecule has 1 N–H and O–H groups in total. The highest BCUT2D eigenvalue weighted by atomic mass is 16.6. The lowest BCUT2D eigenvalue weighted by Gasteiger charge is -2.32. The lowest BCUT2D eigenvalue weighted by molar-refractivity contribution is -0.162. The highest BCUT2D eigenvalue weighted by Crippen LogP contribution is 2.44. The lowest BCUT2D eigenvalue weighted by Crippen LogP contribution is -2.45. The van der Waals surface area contributed by atoms with E-state index in [1.165, 1.54) is 6.08 Å². The van der Waals surface area contributed by atoms with Crippen molar-refractivity contribution >= 4 is 17.7 Å². The molecule has 3 rings (SSSR count).